The molecule has 0 saturated carbocycles. The lowest BCUT2D eigenvalue weighted by atomic mass is 10.2. The van der Waals surface area contributed by atoms with Crippen LogP contribution in [0.15, 0.2) is 48.5 Å². The number of aryl methyl sites for hydroxylation is 1. The number of hydrogen-bond donors (Lipinski definition) is 0. The quantitative estimate of drug-likeness (QED) is 0.773. The fraction of sp³-hybridized carbons (Fsp3) is 0.294. The number of ether oxygens (including phenoxy) is 1. The van der Waals surface area contributed by atoms with Gasteiger partial charge in [0.2, 0.25) is 0 Å². The van der Waals surface area contributed by atoms with Crippen LogP contribution < -0.4 is 9.64 Å². The van der Waals surface area contributed by atoms with Crippen molar-refractivity contribution in [2.24, 2.45) is 0 Å². The Hall–Kier alpha value is -1.67. The minimum atomic E-state index is 0.656. The summed E-state index contributed by atoms with van der Waals surface area (Å²) in [6.45, 7) is 6.76. The summed E-state index contributed by atoms with van der Waals surface area (Å²) in [7, 11) is 0. The SMILES string of the molecule is CCN(CCOc1ccc(Cl)cc1)c1cccc(C)c1. The van der Waals surface area contributed by atoms with Crippen LogP contribution in [0.3, 0.4) is 0 Å². The molecule has 2 rings (SSSR count). The fourth-order valence-electron chi connectivity index (χ4n) is 2.10. The number of halogens is 1. The molecule has 0 aliphatic rings. The molecule has 0 fully saturated rings. The molecule has 0 atom stereocenters. The fourth-order valence-corrected chi connectivity index (χ4v) is 2.22. The molecule has 2 aromatic carbocycles. The van der Waals surface area contributed by atoms with Crippen molar-refractivity contribution < 1.29 is 4.74 Å². The van der Waals surface area contributed by atoms with Crippen molar-refractivity contribution in [2.75, 3.05) is 24.6 Å². The number of benzene rings is 2. The second-order valence-electron chi connectivity index (χ2n) is 4.72. The first-order valence-corrected chi connectivity index (χ1v) is 7.27. The van der Waals surface area contributed by atoms with Crippen molar-refractivity contribution in [1.82, 2.24) is 0 Å². The van der Waals surface area contributed by atoms with E-state index in [1.807, 2.05) is 24.3 Å². The molecule has 20 heavy (non-hydrogen) atoms. The van der Waals surface area contributed by atoms with Gasteiger partial charge in [-0.1, -0.05) is 23.7 Å². The molecule has 0 amide bonds. The number of rotatable bonds is 6. The summed E-state index contributed by atoms with van der Waals surface area (Å²) in [5, 5.41) is 0.729. The highest BCUT2D eigenvalue weighted by Crippen LogP contribution is 2.17. The molecular weight excluding hydrogens is 270 g/mol. The van der Waals surface area contributed by atoms with Crippen LogP contribution in [0.5, 0.6) is 5.75 Å². The van der Waals surface area contributed by atoms with Crippen molar-refractivity contribution in [3.05, 3.63) is 59.1 Å². The molecule has 3 heteroatoms. The lowest BCUT2D eigenvalue weighted by molar-refractivity contribution is 0.324. The summed E-state index contributed by atoms with van der Waals surface area (Å²) in [6, 6.07) is 16.0. The summed E-state index contributed by atoms with van der Waals surface area (Å²) in [5.74, 6) is 0.856. The smallest absolute Gasteiger partial charge is 0.119 e. The van der Waals surface area contributed by atoms with E-state index < -0.39 is 0 Å². The molecule has 0 bridgehead atoms. The summed E-state index contributed by atoms with van der Waals surface area (Å²) in [5.41, 5.74) is 2.52. The highest BCUT2D eigenvalue weighted by atomic mass is 35.5. The van der Waals surface area contributed by atoms with Gasteiger partial charge in [-0.05, 0) is 55.8 Å². The third-order valence-corrected chi connectivity index (χ3v) is 3.44. The third-order valence-electron chi connectivity index (χ3n) is 3.19. The second-order valence-corrected chi connectivity index (χ2v) is 5.16. The lowest BCUT2D eigenvalue weighted by Gasteiger charge is -2.23. The van der Waals surface area contributed by atoms with Gasteiger partial charge in [0.25, 0.3) is 0 Å². The molecule has 0 radical (unpaired) electrons. The number of likely N-dealkylation sites (N-methyl/N-ethyl adjacent to an activating group) is 1. The molecule has 2 nitrogen and oxygen atoms in total. The van der Waals surface area contributed by atoms with E-state index in [1.165, 1.54) is 11.3 Å². The number of hydrogen-bond acceptors (Lipinski definition) is 2. The van der Waals surface area contributed by atoms with Gasteiger partial charge in [-0.25, -0.2) is 0 Å². The van der Waals surface area contributed by atoms with Gasteiger partial charge in [0.05, 0.1) is 6.54 Å². The molecule has 0 heterocycles. The molecule has 0 aliphatic carbocycles. The molecule has 0 unspecified atom stereocenters. The van der Waals surface area contributed by atoms with E-state index in [0.29, 0.717) is 6.61 Å². The Bertz CT molecular complexity index is 539. The first-order chi connectivity index (χ1) is 9.69. The van der Waals surface area contributed by atoms with E-state index >= 15 is 0 Å². The Morgan fingerprint density at radius 1 is 1.10 bits per heavy atom. The van der Waals surface area contributed by atoms with Crippen LogP contribution >= 0.6 is 11.6 Å². The van der Waals surface area contributed by atoms with E-state index in [-0.39, 0.29) is 0 Å². The number of nitrogens with zero attached hydrogens (tertiary/aromatic N) is 1. The normalized spacial score (nSPS) is 10.3. The first kappa shape index (κ1) is 14.7. The Labute approximate surface area is 125 Å². The Morgan fingerprint density at radius 2 is 1.85 bits per heavy atom. The van der Waals surface area contributed by atoms with Crippen molar-refractivity contribution in [2.45, 2.75) is 13.8 Å². The Morgan fingerprint density at radius 3 is 2.50 bits per heavy atom. The highest BCUT2D eigenvalue weighted by molar-refractivity contribution is 6.30. The molecule has 0 spiro atoms. The second kappa shape index (κ2) is 7.20. The zero-order valence-electron chi connectivity index (χ0n) is 12.0. The maximum atomic E-state index is 5.85. The average Bonchev–Trinajstić information content (AvgIpc) is 2.45. The van der Waals surface area contributed by atoms with Gasteiger partial charge in [-0.3, -0.25) is 0 Å². The molecule has 0 aromatic heterocycles. The molecule has 106 valence electrons. The standard InChI is InChI=1S/C17H20ClNO/c1-3-19(16-6-4-5-14(2)13-16)11-12-20-17-9-7-15(18)8-10-17/h4-10,13H,3,11-12H2,1-2H3. The van der Waals surface area contributed by atoms with E-state index in [0.717, 1.165) is 23.9 Å². The maximum absolute atomic E-state index is 5.85. The van der Waals surface area contributed by atoms with E-state index in [4.69, 9.17) is 16.3 Å². The van der Waals surface area contributed by atoms with Gasteiger partial charge in [-0.15, -0.1) is 0 Å². The monoisotopic (exact) mass is 289 g/mol. The average molecular weight is 290 g/mol. The molecular formula is C17H20ClNO. The Balaban J connectivity index is 1.89. The van der Waals surface area contributed by atoms with Crippen LogP contribution in [0.25, 0.3) is 0 Å². The van der Waals surface area contributed by atoms with E-state index in [1.54, 1.807) is 0 Å². The van der Waals surface area contributed by atoms with Crippen LogP contribution in [0.2, 0.25) is 5.02 Å². The lowest BCUT2D eigenvalue weighted by Crippen LogP contribution is -2.28. The largest absolute Gasteiger partial charge is 0.492 e. The van der Waals surface area contributed by atoms with Crippen molar-refractivity contribution in [3.63, 3.8) is 0 Å². The minimum Gasteiger partial charge on any atom is -0.492 e. The molecule has 0 N–H and O–H groups in total. The van der Waals surface area contributed by atoms with Gasteiger partial charge in [0.1, 0.15) is 12.4 Å². The topological polar surface area (TPSA) is 12.5 Å². The van der Waals surface area contributed by atoms with E-state index in [9.17, 15) is 0 Å². The summed E-state index contributed by atoms with van der Waals surface area (Å²) in [6.07, 6.45) is 0. The van der Waals surface area contributed by atoms with E-state index in [2.05, 4.69) is 43.0 Å². The van der Waals surface area contributed by atoms with Crippen molar-refractivity contribution in [3.8, 4) is 5.75 Å². The van der Waals surface area contributed by atoms with Gasteiger partial charge in [-0.2, -0.15) is 0 Å². The number of anilines is 1. The van der Waals surface area contributed by atoms with Crippen LogP contribution in [-0.4, -0.2) is 19.7 Å². The van der Waals surface area contributed by atoms with Gasteiger partial charge in [0.15, 0.2) is 0 Å². The van der Waals surface area contributed by atoms with Crippen molar-refractivity contribution in [1.29, 1.82) is 0 Å². The third kappa shape index (κ3) is 4.17. The molecule has 2 aromatic rings. The zero-order valence-corrected chi connectivity index (χ0v) is 12.7. The van der Waals surface area contributed by atoms with Crippen molar-refractivity contribution >= 4 is 17.3 Å². The predicted molar refractivity (Wildman–Crippen MR) is 86.0 cm³/mol. The van der Waals surface area contributed by atoms with Gasteiger partial charge < -0.3 is 9.64 Å². The summed E-state index contributed by atoms with van der Waals surface area (Å²) < 4.78 is 5.74. The van der Waals surface area contributed by atoms with Gasteiger partial charge >= 0.3 is 0 Å². The van der Waals surface area contributed by atoms with Crippen LogP contribution in [0.1, 0.15) is 12.5 Å². The molecule has 0 aliphatic heterocycles. The van der Waals surface area contributed by atoms with Crippen LogP contribution in [0, 0.1) is 6.92 Å². The minimum absolute atomic E-state index is 0.656. The van der Waals surface area contributed by atoms with Gasteiger partial charge in [0, 0.05) is 17.3 Å². The zero-order chi connectivity index (χ0) is 14.4. The maximum Gasteiger partial charge on any atom is 0.119 e. The summed E-state index contributed by atoms with van der Waals surface area (Å²) >= 11 is 5.85. The molecule has 0 saturated heterocycles. The van der Waals surface area contributed by atoms with Crippen LogP contribution in [0.4, 0.5) is 5.69 Å². The highest BCUT2D eigenvalue weighted by Gasteiger charge is 2.04. The predicted octanol–water partition coefficient (Wildman–Crippen LogP) is 4.55. The first-order valence-electron chi connectivity index (χ1n) is 6.89. The summed E-state index contributed by atoms with van der Waals surface area (Å²) in [4.78, 5) is 2.31. The van der Waals surface area contributed by atoms with Crippen LogP contribution in [-0.2, 0) is 0 Å². The Kier molecular flexibility index (Phi) is 5.31.